The van der Waals surface area contributed by atoms with E-state index in [1.807, 2.05) is 0 Å². The molecule has 72 valence electrons. The molecule has 0 aliphatic heterocycles. The van der Waals surface area contributed by atoms with Crippen LogP contribution in [0.2, 0.25) is 0 Å². The summed E-state index contributed by atoms with van der Waals surface area (Å²) >= 11 is 0. The molecule has 0 spiro atoms. The van der Waals surface area contributed by atoms with Crippen LogP contribution < -0.4 is 5.73 Å². The highest BCUT2D eigenvalue weighted by molar-refractivity contribution is 5.63. The van der Waals surface area contributed by atoms with E-state index in [-0.39, 0.29) is 12.4 Å². The molecule has 0 bridgehead atoms. The lowest BCUT2D eigenvalue weighted by Crippen LogP contribution is -2.00. The second kappa shape index (κ2) is 3.64. The van der Waals surface area contributed by atoms with Gasteiger partial charge in [0.1, 0.15) is 5.82 Å². The Kier molecular flexibility index (Phi) is 2.33. The topological polar surface area (TPSA) is 39.2 Å². The molecule has 0 aliphatic rings. The second-order valence-corrected chi connectivity index (χ2v) is 2.99. The minimum atomic E-state index is -0.267. The van der Waals surface area contributed by atoms with Crippen LogP contribution in [0.25, 0.3) is 11.1 Å². The summed E-state index contributed by atoms with van der Waals surface area (Å²) in [6.07, 6.45) is 3.03. The lowest BCUT2D eigenvalue weighted by Gasteiger charge is -2.03. The van der Waals surface area contributed by atoms with Crippen molar-refractivity contribution in [2.45, 2.75) is 6.54 Å². The van der Waals surface area contributed by atoms with E-state index >= 15 is 0 Å². The van der Waals surface area contributed by atoms with Gasteiger partial charge in [-0.05, 0) is 6.07 Å². The number of benzene rings is 1. The summed E-state index contributed by atoms with van der Waals surface area (Å²) in [6.45, 7) is 0.206. The number of furan rings is 1. The quantitative estimate of drug-likeness (QED) is 0.792. The normalized spacial score (nSPS) is 10.4. The first-order chi connectivity index (χ1) is 6.83. The Morgan fingerprint density at radius 2 is 2.14 bits per heavy atom. The van der Waals surface area contributed by atoms with Crippen molar-refractivity contribution < 1.29 is 8.81 Å². The van der Waals surface area contributed by atoms with Crippen molar-refractivity contribution in [1.82, 2.24) is 0 Å². The summed E-state index contributed by atoms with van der Waals surface area (Å²) in [5, 5.41) is 0. The van der Waals surface area contributed by atoms with Gasteiger partial charge >= 0.3 is 0 Å². The Morgan fingerprint density at radius 3 is 2.79 bits per heavy atom. The molecule has 0 fully saturated rings. The van der Waals surface area contributed by atoms with E-state index in [4.69, 9.17) is 10.2 Å². The van der Waals surface area contributed by atoms with Gasteiger partial charge in [0.2, 0.25) is 0 Å². The van der Waals surface area contributed by atoms with Crippen molar-refractivity contribution in [2.75, 3.05) is 0 Å². The molecule has 0 atom stereocenters. The lowest BCUT2D eigenvalue weighted by atomic mass is 10.0. The van der Waals surface area contributed by atoms with E-state index in [2.05, 4.69) is 0 Å². The summed E-state index contributed by atoms with van der Waals surface area (Å²) in [6, 6.07) is 6.89. The van der Waals surface area contributed by atoms with Gasteiger partial charge in [0, 0.05) is 23.2 Å². The van der Waals surface area contributed by atoms with Crippen molar-refractivity contribution >= 4 is 0 Å². The van der Waals surface area contributed by atoms with Crippen LogP contribution in [0.15, 0.2) is 41.2 Å². The van der Waals surface area contributed by atoms with E-state index in [9.17, 15) is 4.39 Å². The molecule has 3 heteroatoms. The van der Waals surface area contributed by atoms with Crippen LogP contribution in [-0.2, 0) is 6.54 Å². The molecule has 2 rings (SSSR count). The third-order valence-electron chi connectivity index (χ3n) is 2.13. The first-order valence-electron chi connectivity index (χ1n) is 4.33. The van der Waals surface area contributed by atoms with Crippen LogP contribution in [0, 0.1) is 5.82 Å². The van der Waals surface area contributed by atoms with Crippen molar-refractivity contribution in [2.24, 2.45) is 5.73 Å². The van der Waals surface area contributed by atoms with Crippen LogP contribution in [0.3, 0.4) is 0 Å². The minimum absolute atomic E-state index is 0.206. The predicted octanol–water partition coefficient (Wildman–Crippen LogP) is 2.54. The largest absolute Gasteiger partial charge is 0.472 e. The van der Waals surface area contributed by atoms with Crippen LogP contribution in [-0.4, -0.2) is 0 Å². The Balaban J connectivity index is 2.54. The second-order valence-electron chi connectivity index (χ2n) is 2.99. The zero-order valence-corrected chi connectivity index (χ0v) is 7.53. The molecule has 2 N–H and O–H groups in total. The zero-order valence-electron chi connectivity index (χ0n) is 7.53. The van der Waals surface area contributed by atoms with Gasteiger partial charge in [-0.2, -0.15) is 0 Å². The van der Waals surface area contributed by atoms with Gasteiger partial charge in [0.15, 0.2) is 0 Å². The Bertz CT molecular complexity index is 423. The molecule has 0 aliphatic carbocycles. The number of rotatable bonds is 2. The van der Waals surface area contributed by atoms with Crippen LogP contribution in [0.1, 0.15) is 5.56 Å². The summed E-state index contributed by atoms with van der Waals surface area (Å²) in [5.41, 5.74) is 7.19. The molecular weight excluding hydrogens is 181 g/mol. The number of nitrogens with two attached hydrogens (primary N) is 1. The van der Waals surface area contributed by atoms with Gasteiger partial charge < -0.3 is 10.2 Å². The lowest BCUT2D eigenvalue weighted by molar-refractivity contribution is 0.567. The standard InChI is InChI=1S/C11H10FNO/c12-11-8(6-13)2-1-3-10(11)9-4-5-14-7-9/h1-5,7H,6,13H2. The molecule has 1 heterocycles. The van der Waals surface area contributed by atoms with Crippen molar-refractivity contribution in [3.8, 4) is 11.1 Å². The minimum Gasteiger partial charge on any atom is -0.472 e. The molecule has 1 aromatic carbocycles. The molecule has 0 saturated heterocycles. The third-order valence-corrected chi connectivity index (χ3v) is 2.13. The molecule has 0 radical (unpaired) electrons. The number of hydrogen-bond acceptors (Lipinski definition) is 2. The Labute approximate surface area is 81.2 Å². The van der Waals surface area contributed by atoms with Crippen molar-refractivity contribution in [3.63, 3.8) is 0 Å². The third kappa shape index (κ3) is 1.42. The fourth-order valence-electron chi connectivity index (χ4n) is 1.38. The Morgan fingerprint density at radius 1 is 1.29 bits per heavy atom. The smallest absolute Gasteiger partial charge is 0.135 e. The average molecular weight is 191 g/mol. The zero-order chi connectivity index (χ0) is 9.97. The van der Waals surface area contributed by atoms with Gasteiger partial charge in [-0.25, -0.2) is 4.39 Å². The maximum Gasteiger partial charge on any atom is 0.135 e. The van der Waals surface area contributed by atoms with E-state index < -0.39 is 0 Å². The van der Waals surface area contributed by atoms with Crippen LogP contribution in [0.4, 0.5) is 4.39 Å². The maximum absolute atomic E-state index is 13.7. The van der Waals surface area contributed by atoms with E-state index in [0.717, 1.165) is 5.56 Å². The van der Waals surface area contributed by atoms with Gasteiger partial charge in [-0.3, -0.25) is 0 Å². The fourth-order valence-corrected chi connectivity index (χ4v) is 1.38. The molecule has 1 aromatic heterocycles. The molecule has 2 aromatic rings. The van der Waals surface area contributed by atoms with E-state index in [0.29, 0.717) is 11.1 Å². The highest BCUT2D eigenvalue weighted by Gasteiger charge is 2.08. The summed E-state index contributed by atoms with van der Waals surface area (Å²) in [5.74, 6) is -0.267. The molecule has 14 heavy (non-hydrogen) atoms. The van der Waals surface area contributed by atoms with E-state index in [1.165, 1.54) is 12.5 Å². The monoisotopic (exact) mass is 191 g/mol. The number of hydrogen-bond donors (Lipinski definition) is 1. The average Bonchev–Trinajstić information content (AvgIpc) is 2.71. The van der Waals surface area contributed by atoms with Crippen molar-refractivity contribution in [3.05, 3.63) is 48.2 Å². The van der Waals surface area contributed by atoms with E-state index in [1.54, 1.807) is 24.3 Å². The van der Waals surface area contributed by atoms with Gasteiger partial charge in [0.25, 0.3) is 0 Å². The van der Waals surface area contributed by atoms with Crippen LogP contribution >= 0.6 is 0 Å². The fraction of sp³-hybridized carbons (Fsp3) is 0.0909. The summed E-state index contributed by atoms with van der Waals surface area (Å²) in [7, 11) is 0. The Hall–Kier alpha value is -1.61. The highest BCUT2D eigenvalue weighted by Crippen LogP contribution is 2.24. The van der Waals surface area contributed by atoms with Crippen LogP contribution in [0.5, 0.6) is 0 Å². The van der Waals surface area contributed by atoms with Gasteiger partial charge in [-0.15, -0.1) is 0 Å². The first-order valence-corrected chi connectivity index (χ1v) is 4.33. The summed E-state index contributed by atoms with van der Waals surface area (Å²) < 4.78 is 18.6. The van der Waals surface area contributed by atoms with Gasteiger partial charge in [-0.1, -0.05) is 18.2 Å². The molecule has 0 amide bonds. The van der Waals surface area contributed by atoms with Crippen molar-refractivity contribution in [1.29, 1.82) is 0 Å². The highest BCUT2D eigenvalue weighted by atomic mass is 19.1. The molecule has 0 saturated carbocycles. The summed E-state index contributed by atoms with van der Waals surface area (Å²) in [4.78, 5) is 0. The van der Waals surface area contributed by atoms with Gasteiger partial charge in [0.05, 0.1) is 12.5 Å². The molecular formula is C11H10FNO. The molecule has 2 nitrogen and oxygen atoms in total. The SMILES string of the molecule is NCc1cccc(-c2ccoc2)c1F. The predicted molar refractivity (Wildman–Crippen MR) is 52.0 cm³/mol. The number of halogens is 1. The molecule has 0 unspecified atom stereocenters. The maximum atomic E-state index is 13.7. The first kappa shape index (κ1) is 8.97.